The zero-order valence-corrected chi connectivity index (χ0v) is 18.0. The average Bonchev–Trinajstić information content (AvgIpc) is 2.88. The Bertz CT molecular complexity index is 1050. The van der Waals surface area contributed by atoms with Crippen LogP contribution in [-0.2, 0) is 19.6 Å². The first-order valence-corrected chi connectivity index (χ1v) is 12.4. The molecule has 1 N–H and O–H groups in total. The van der Waals surface area contributed by atoms with E-state index in [0.29, 0.717) is 9.92 Å². The number of amides is 2. The predicted octanol–water partition coefficient (Wildman–Crippen LogP) is 4.93. The van der Waals surface area contributed by atoms with E-state index in [1.807, 2.05) is 0 Å². The average molecular weight is 455 g/mol. The minimum absolute atomic E-state index is 0.0515. The van der Waals surface area contributed by atoms with Gasteiger partial charge in [-0.2, -0.15) is 0 Å². The Balaban J connectivity index is 2.30. The first-order chi connectivity index (χ1) is 11.9. The fraction of sp³-hybridized carbons (Fsp3) is 0.267. The van der Waals surface area contributed by atoms with Gasteiger partial charge in [0.25, 0.3) is 0 Å². The molecule has 0 fully saturated rings. The van der Waals surface area contributed by atoms with Crippen LogP contribution in [0.3, 0.4) is 0 Å². The van der Waals surface area contributed by atoms with Crippen molar-refractivity contribution < 1.29 is 17.4 Å². The van der Waals surface area contributed by atoms with Gasteiger partial charge in [-0.1, -0.05) is 23.2 Å². The molecule has 0 spiro atoms. The molecule has 26 heavy (non-hydrogen) atoms. The van der Waals surface area contributed by atoms with Crippen LogP contribution >= 0.6 is 34.5 Å². The molecule has 0 aliphatic rings. The summed E-state index contributed by atoms with van der Waals surface area (Å²) >= 11 is 12.8. The maximum atomic E-state index is 12.6. The molecule has 0 saturated heterocycles. The van der Waals surface area contributed by atoms with Gasteiger partial charge < -0.3 is 0 Å². The summed E-state index contributed by atoms with van der Waals surface area (Å²) in [5, 5.41) is 3.61. The van der Waals surface area contributed by atoms with Gasteiger partial charge in [0.1, 0.15) is 5.00 Å². The Morgan fingerprint density at radius 1 is 1.15 bits per heavy atom. The molecule has 1 atom stereocenters. The molecular weight excluding hydrogens is 439 g/mol. The second kappa shape index (κ2) is 7.85. The lowest BCUT2D eigenvalue weighted by atomic mass is 10.4. The van der Waals surface area contributed by atoms with Gasteiger partial charge in [-0.15, -0.1) is 15.7 Å². The van der Waals surface area contributed by atoms with E-state index in [2.05, 4.69) is 9.68 Å². The molecule has 142 valence electrons. The lowest BCUT2D eigenvalue weighted by molar-refractivity contribution is 0.260. The summed E-state index contributed by atoms with van der Waals surface area (Å²) in [7, 11) is -6.57. The van der Waals surface area contributed by atoms with Crippen molar-refractivity contribution in [3.8, 4) is 0 Å². The molecule has 11 heteroatoms. The van der Waals surface area contributed by atoms with Crippen molar-refractivity contribution >= 4 is 65.1 Å². The molecule has 0 aliphatic heterocycles. The maximum Gasteiger partial charge on any atom is 0.354 e. The van der Waals surface area contributed by atoms with Gasteiger partial charge in [0.15, 0.2) is 9.84 Å². The van der Waals surface area contributed by atoms with E-state index in [-0.39, 0.29) is 14.9 Å². The SMILES string of the molecule is CC(C)S(=O)(=O)c1csc(NC(=O)N=S(C)(=O)c2ccc(Cl)cc2)c1Cl. The Morgan fingerprint density at radius 3 is 2.27 bits per heavy atom. The van der Waals surface area contributed by atoms with Crippen molar-refractivity contribution in [2.45, 2.75) is 28.9 Å². The summed E-state index contributed by atoms with van der Waals surface area (Å²) in [4.78, 5) is 12.4. The van der Waals surface area contributed by atoms with Crippen molar-refractivity contribution in [2.24, 2.45) is 4.36 Å². The number of thiophene rings is 1. The number of rotatable bonds is 4. The molecule has 2 rings (SSSR count). The first kappa shape index (κ1) is 21.2. The topological polar surface area (TPSA) is 92.7 Å². The normalized spacial score (nSPS) is 14.1. The third-order valence-electron chi connectivity index (χ3n) is 3.36. The quantitative estimate of drug-likeness (QED) is 0.708. The number of nitrogens with one attached hydrogen (secondary N) is 1. The molecule has 0 saturated carbocycles. The number of hydrogen-bond donors (Lipinski definition) is 1. The van der Waals surface area contributed by atoms with Crippen molar-refractivity contribution in [1.29, 1.82) is 0 Å². The number of carbonyl (C=O) groups excluding carboxylic acids is 1. The van der Waals surface area contributed by atoms with Crippen LogP contribution in [0.15, 0.2) is 43.8 Å². The Kier molecular flexibility index (Phi) is 6.40. The van der Waals surface area contributed by atoms with Crippen LogP contribution < -0.4 is 5.32 Å². The molecule has 0 radical (unpaired) electrons. The van der Waals surface area contributed by atoms with Gasteiger partial charge in [-0.25, -0.2) is 17.4 Å². The van der Waals surface area contributed by atoms with Crippen LogP contribution in [-0.4, -0.2) is 30.2 Å². The molecule has 1 aromatic heterocycles. The number of urea groups is 1. The number of benzene rings is 1. The lowest BCUT2D eigenvalue weighted by Crippen LogP contribution is -2.14. The Hall–Kier alpha value is -1.13. The lowest BCUT2D eigenvalue weighted by Gasteiger charge is -2.07. The highest BCUT2D eigenvalue weighted by Gasteiger charge is 2.26. The number of hydrogen-bond acceptors (Lipinski definition) is 5. The Morgan fingerprint density at radius 2 is 1.73 bits per heavy atom. The van der Waals surface area contributed by atoms with Gasteiger partial charge in [0, 0.05) is 21.6 Å². The standard InChI is InChI=1S/C15H16Cl2N2O4S3/c1-9(2)26(22,23)12-8-24-14(13(12)17)18-15(20)19-25(3,21)11-6-4-10(16)5-7-11/h4-9H,1-3H3,(H,18,20). The molecule has 1 heterocycles. The minimum Gasteiger partial charge on any atom is -0.296 e. The predicted molar refractivity (Wildman–Crippen MR) is 107 cm³/mol. The van der Waals surface area contributed by atoms with Crippen LogP contribution in [0.1, 0.15) is 13.8 Å². The summed E-state index contributed by atoms with van der Waals surface area (Å²) in [5.74, 6) is 0. The van der Waals surface area contributed by atoms with E-state index in [4.69, 9.17) is 23.2 Å². The van der Waals surface area contributed by atoms with Crippen molar-refractivity contribution in [3.05, 3.63) is 39.7 Å². The second-order valence-corrected chi connectivity index (χ2v) is 12.0. The van der Waals surface area contributed by atoms with Crippen molar-refractivity contribution in [1.82, 2.24) is 0 Å². The number of sulfone groups is 1. The number of anilines is 1. The maximum absolute atomic E-state index is 12.6. The summed E-state index contributed by atoms with van der Waals surface area (Å²) in [5.41, 5.74) is 0. The summed E-state index contributed by atoms with van der Waals surface area (Å²) in [6.07, 6.45) is 1.32. The summed E-state index contributed by atoms with van der Waals surface area (Å²) < 4.78 is 40.8. The first-order valence-electron chi connectivity index (χ1n) is 7.25. The van der Waals surface area contributed by atoms with Crippen LogP contribution in [0.5, 0.6) is 0 Å². The molecule has 0 bridgehead atoms. The highest BCUT2D eigenvalue weighted by molar-refractivity contribution is 7.93. The van der Waals surface area contributed by atoms with Crippen LogP contribution in [0.4, 0.5) is 9.80 Å². The van der Waals surface area contributed by atoms with Crippen molar-refractivity contribution in [2.75, 3.05) is 11.6 Å². The van der Waals surface area contributed by atoms with Crippen molar-refractivity contribution in [3.63, 3.8) is 0 Å². The Labute approximate surface area is 166 Å². The molecule has 1 unspecified atom stereocenters. The van der Waals surface area contributed by atoms with E-state index < -0.39 is 30.8 Å². The second-order valence-electron chi connectivity index (χ2n) is 5.61. The molecule has 2 aromatic rings. The van der Waals surface area contributed by atoms with E-state index in [0.717, 1.165) is 11.3 Å². The smallest absolute Gasteiger partial charge is 0.296 e. The fourth-order valence-electron chi connectivity index (χ4n) is 1.88. The third-order valence-corrected chi connectivity index (χ3v) is 9.11. The van der Waals surface area contributed by atoms with Gasteiger partial charge in [0.05, 0.1) is 24.9 Å². The largest absolute Gasteiger partial charge is 0.354 e. The number of carbonyl (C=O) groups is 1. The highest BCUT2D eigenvalue weighted by Crippen LogP contribution is 2.37. The molecule has 2 amide bonds. The summed E-state index contributed by atoms with van der Waals surface area (Å²) in [6.45, 7) is 3.07. The van der Waals surface area contributed by atoms with Gasteiger partial charge in [0.2, 0.25) is 0 Å². The van der Waals surface area contributed by atoms with Gasteiger partial charge in [-0.3, -0.25) is 5.32 Å². The van der Waals surface area contributed by atoms with Gasteiger partial charge >= 0.3 is 6.03 Å². The van der Waals surface area contributed by atoms with Crippen LogP contribution in [0, 0.1) is 0 Å². The highest BCUT2D eigenvalue weighted by atomic mass is 35.5. The zero-order chi connectivity index (χ0) is 19.7. The van der Waals surface area contributed by atoms with E-state index >= 15 is 0 Å². The minimum atomic E-state index is -3.58. The van der Waals surface area contributed by atoms with Crippen LogP contribution in [0.25, 0.3) is 0 Å². The monoisotopic (exact) mass is 454 g/mol. The summed E-state index contributed by atoms with van der Waals surface area (Å²) in [6, 6.07) is 5.25. The van der Waals surface area contributed by atoms with Crippen LogP contribution in [0.2, 0.25) is 10.0 Å². The van der Waals surface area contributed by atoms with E-state index in [1.165, 1.54) is 37.6 Å². The van der Waals surface area contributed by atoms with E-state index in [1.54, 1.807) is 12.1 Å². The fourth-order valence-corrected chi connectivity index (χ4v) is 6.04. The van der Waals surface area contributed by atoms with Gasteiger partial charge in [-0.05, 0) is 38.1 Å². The molecule has 0 aliphatic carbocycles. The third kappa shape index (κ3) is 4.58. The number of halogens is 2. The molecule has 1 aromatic carbocycles. The molecule has 6 nitrogen and oxygen atoms in total. The number of nitrogens with zero attached hydrogens (tertiary/aromatic N) is 1. The van der Waals surface area contributed by atoms with E-state index in [9.17, 15) is 17.4 Å². The molecular formula is C15H16Cl2N2O4S3. The zero-order valence-electron chi connectivity index (χ0n) is 14.0.